The van der Waals surface area contributed by atoms with Crippen molar-refractivity contribution in [1.29, 1.82) is 0 Å². The van der Waals surface area contributed by atoms with E-state index in [1.807, 2.05) is 0 Å². The molecule has 6 unspecified atom stereocenters. The number of hydrogen-bond donors (Lipinski definition) is 0. The lowest BCUT2D eigenvalue weighted by molar-refractivity contribution is 0.426. The molecule has 0 aliphatic heterocycles. The summed E-state index contributed by atoms with van der Waals surface area (Å²) in [5.74, 6) is 0.917. The Bertz CT molecular complexity index is 92.2. The van der Waals surface area contributed by atoms with Crippen molar-refractivity contribution < 1.29 is 0 Å². The van der Waals surface area contributed by atoms with Crippen LogP contribution in [0.4, 0.5) is 0 Å². The second-order valence-corrected chi connectivity index (χ2v) is 6.60. The average Bonchev–Trinajstić information content (AvgIpc) is 1.84. The molecule has 1 aliphatic carbocycles. The standard InChI is InChI=1S/C7H15IP2/c1-4-2-6(9)7(10)3-5(4)8/h4-7H,2-3,9-10H2,1H3. The topological polar surface area (TPSA) is 0 Å². The van der Waals surface area contributed by atoms with Gasteiger partial charge in [-0.15, -0.1) is 18.5 Å². The summed E-state index contributed by atoms with van der Waals surface area (Å²) >= 11 is 2.59. The van der Waals surface area contributed by atoms with Crippen LogP contribution in [0.15, 0.2) is 0 Å². The molecule has 0 amide bonds. The molecule has 6 atom stereocenters. The van der Waals surface area contributed by atoms with E-state index in [0.717, 1.165) is 21.2 Å². The van der Waals surface area contributed by atoms with Crippen LogP contribution in [0.5, 0.6) is 0 Å². The summed E-state index contributed by atoms with van der Waals surface area (Å²) < 4.78 is 0.900. The molecule has 1 aliphatic rings. The molecule has 1 rings (SSSR count). The van der Waals surface area contributed by atoms with Gasteiger partial charge in [0.2, 0.25) is 0 Å². The van der Waals surface area contributed by atoms with Gasteiger partial charge < -0.3 is 0 Å². The highest BCUT2D eigenvalue weighted by molar-refractivity contribution is 14.1. The molecular formula is C7H15IP2. The highest BCUT2D eigenvalue weighted by atomic mass is 127. The fraction of sp³-hybridized carbons (Fsp3) is 1.00. The zero-order valence-electron chi connectivity index (χ0n) is 6.26. The van der Waals surface area contributed by atoms with Gasteiger partial charge in [-0.25, -0.2) is 0 Å². The molecule has 10 heavy (non-hydrogen) atoms. The third-order valence-corrected chi connectivity index (χ3v) is 6.02. The first-order valence-corrected chi connectivity index (χ1v) is 6.34. The van der Waals surface area contributed by atoms with E-state index in [2.05, 4.69) is 48.0 Å². The third-order valence-electron chi connectivity index (χ3n) is 2.31. The molecule has 0 N–H and O–H groups in total. The summed E-state index contributed by atoms with van der Waals surface area (Å²) in [5.41, 5.74) is 1.68. The zero-order chi connectivity index (χ0) is 7.72. The maximum atomic E-state index is 2.96. The van der Waals surface area contributed by atoms with Crippen LogP contribution >= 0.6 is 41.1 Å². The SMILES string of the molecule is CC1CC(P)C(P)CC1I. The highest BCUT2D eigenvalue weighted by Gasteiger charge is 2.28. The van der Waals surface area contributed by atoms with E-state index >= 15 is 0 Å². The fourth-order valence-electron chi connectivity index (χ4n) is 1.42. The van der Waals surface area contributed by atoms with Crippen molar-refractivity contribution in [1.82, 2.24) is 0 Å². The summed E-state index contributed by atoms with van der Waals surface area (Å²) in [5, 5.41) is 0. The summed E-state index contributed by atoms with van der Waals surface area (Å²) in [7, 11) is 5.92. The average molecular weight is 288 g/mol. The molecule has 0 aromatic heterocycles. The van der Waals surface area contributed by atoms with E-state index in [9.17, 15) is 0 Å². The van der Waals surface area contributed by atoms with Crippen LogP contribution in [-0.2, 0) is 0 Å². The van der Waals surface area contributed by atoms with Gasteiger partial charge in [-0.2, -0.15) is 0 Å². The minimum absolute atomic E-state index is 0.836. The van der Waals surface area contributed by atoms with Gasteiger partial charge >= 0.3 is 0 Å². The highest BCUT2D eigenvalue weighted by Crippen LogP contribution is 2.37. The molecule has 1 fully saturated rings. The summed E-state index contributed by atoms with van der Waals surface area (Å²) in [4.78, 5) is 0. The van der Waals surface area contributed by atoms with Crippen LogP contribution in [0.25, 0.3) is 0 Å². The van der Waals surface area contributed by atoms with Crippen molar-refractivity contribution in [3.05, 3.63) is 0 Å². The number of hydrogen-bond acceptors (Lipinski definition) is 0. The van der Waals surface area contributed by atoms with E-state index in [-0.39, 0.29) is 0 Å². The summed E-state index contributed by atoms with van der Waals surface area (Å²) in [6.07, 6.45) is 2.76. The molecule has 0 bridgehead atoms. The Hall–Kier alpha value is 1.59. The van der Waals surface area contributed by atoms with E-state index in [1.54, 1.807) is 0 Å². The predicted molar refractivity (Wildman–Crippen MR) is 63.2 cm³/mol. The van der Waals surface area contributed by atoms with E-state index in [0.29, 0.717) is 0 Å². The van der Waals surface area contributed by atoms with Gasteiger partial charge in [0.1, 0.15) is 0 Å². The smallest absolute Gasteiger partial charge is 0.0141 e. The monoisotopic (exact) mass is 288 g/mol. The van der Waals surface area contributed by atoms with E-state index in [1.165, 1.54) is 12.8 Å². The van der Waals surface area contributed by atoms with Crippen molar-refractivity contribution in [2.75, 3.05) is 0 Å². The third kappa shape index (κ3) is 2.29. The van der Waals surface area contributed by atoms with E-state index < -0.39 is 0 Å². The Labute approximate surface area is 81.8 Å². The predicted octanol–water partition coefficient (Wildman–Crippen LogP) is 2.71. The van der Waals surface area contributed by atoms with Gasteiger partial charge in [0.05, 0.1) is 0 Å². The summed E-state index contributed by atoms with van der Waals surface area (Å²) in [6, 6.07) is 0. The van der Waals surface area contributed by atoms with Crippen LogP contribution in [0, 0.1) is 5.92 Å². The first kappa shape index (κ1) is 9.68. The molecule has 0 saturated heterocycles. The Morgan fingerprint density at radius 1 is 1.20 bits per heavy atom. The Balaban J connectivity index is 2.46. The molecule has 0 aromatic carbocycles. The van der Waals surface area contributed by atoms with Crippen molar-refractivity contribution in [3.63, 3.8) is 0 Å². The van der Waals surface area contributed by atoms with Crippen LogP contribution in [0.1, 0.15) is 19.8 Å². The molecular weight excluding hydrogens is 273 g/mol. The lowest BCUT2D eigenvalue weighted by Crippen LogP contribution is -2.31. The Morgan fingerprint density at radius 2 is 1.70 bits per heavy atom. The fourth-order valence-corrected chi connectivity index (χ4v) is 3.89. The zero-order valence-corrected chi connectivity index (χ0v) is 10.7. The minimum Gasteiger partial charge on any atom is -0.134 e. The van der Waals surface area contributed by atoms with Crippen molar-refractivity contribution >= 4 is 41.1 Å². The lowest BCUT2D eigenvalue weighted by atomic mass is 9.90. The Morgan fingerprint density at radius 3 is 2.20 bits per heavy atom. The Kier molecular flexibility index (Phi) is 3.88. The molecule has 0 nitrogen and oxygen atoms in total. The molecule has 0 radical (unpaired) electrons. The maximum absolute atomic E-state index is 2.96. The number of alkyl halides is 1. The second-order valence-electron chi connectivity index (χ2n) is 3.29. The first-order chi connectivity index (χ1) is 4.61. The maximum Gasteiger partial charge on any atom is 0.0141 e. The molecule has 3 heteroatoms. The normalized spacial score (nSPS) is 49.2. The van der Waals surface area contributed by atoms with Gasteiger partial charge in [0.25, 0.3) is 0 Å². The van der Waals surface area contributed by atoms with Crippen LogP contribution in [-0.4, -0.2) is 15.2 Å². The van der Waals surface area contributed by atoms with Crippen LogP contribution in [0.2, 0.25) is 0 Å². The van der Waals surface area contributed by atoms with Crippen molar-refractivity contribution in [3.8, 4) is 0 Å². The van der Waals surface area contributed by atoms with Crippen molar-refractivity contribution in [2.24, 2.45) is 5.92 Å². The van der Waals surface area contributed by atoms with Gasteiger partial charge in [-0.3, -0.25) is 0 Å². The molecule has 0 aromatic rings. The van der Waals surface area contributed by atoms with Crippen LogP contribution < -0.4 is 0 Å². The second kappa shape index (κ2) is 4.01. The number of rotatable bonds is 0. The van der Waals surface area contributed by atoms with Crippen LogP contribution in [0.3, 0.4) is 0 Å². The molecule has 1 saturated carbocycles. The molecule has 0 heterocycles. The van der Waals surface area contributed by atoms with Gasteiger partial charge in [0.15, 0.2) is 0 Å². The minimum atomic E-state index is 0.836. The quantitative estimate of drug-likeness (QED) is 0.365. The van der Waals surface area contributed by atoms with Gasteiger partial charge in [-0.1, -0.05) is 29.5 Å². The number of halogens is 1. The lowest BCUT2D eigenvalue weighted by Gasteiger charge is -2.33. The van der Waals surface area contributed by atoms with Gasteiger partial charge in [0, 0.05) is 3.92 Å². The van der Waals surface area contributed by atoms with E-state index in [4.69, 9.17) is 0 Å². The molecule has 0 spiro atoms. The van der Waals surface area contributed by atoms with Crippen molar-refractivity contribution in [2.45, 2.75) is 35.0 Å². The summed E-state index contributed by atoms with van der Waals surface area (Å²) in [6.45, 7) is 2.37. The first-order valence-electron chi connectivity index (χ1n) is 3.76. The largest absolute Gasteiger partial charge is 0.134 e. The van der Waals surface area contributed by atoms with Gasteiger partial charge in [-0.05, 0) is 30.1 Å². The molecule has 60 valence electrons.